The van der Waals surface area contributed by atoms with Crippen LogP contribution in [-0.2, 0) is 11.2 Å². The molecule has 1 unspecified atom stereocenters. The summed E-state index contributed by atoms with van der Waals surface area (Å²) in [5.74, 6) is 2.79. The first-order valence-corrected chi connectivity index (χ1v) is 8.30. The van der Waals surface area contributed by atoms with Crippen LogP contribution in [0.3, 0.4) is 0 Å². The zero-order valence-corrected chi connectivity index (χ0v) is 13.7. The summed E-state index contributed by atoms with van der Waals surface area (Å²) in [4.78, 5) is 12.3. The molecule has 0 aliphatic carbocycles. The highest BCUT2D eigenvalue weighted by atomic mass is 16.7. The molecule has 0 aromatic heterocycles. The highest BCUT2D eigenvalue weighted by Gasteiger charge is 2.25. The average molecular weight is 341 g/mol. The molecule has 4 rings (SSSR count). The smallest absolute Gasteiger partial charge is 0.231 e. The third-order valence-corrected chi connectivity index (χ3v) is 4.26. The standard InChI is InChI=1S/C19H19NO5/c21-19(14-9-13-3-1-2-4-16(13)23-11-14)20-7-8-22-15-5-6-17-18(10-15)25-12-24-17/h1-6,10,14H,7-9,11-12H2,(H,20,21). The molecule has 0 radical (unpaired) electrons. The molecule has 6 heteroatoms. The molecule has 130 valence electrons. The van der Waals surface area contributed by atoms with E-state index in [0.29, 0.717) is 37.7 Å². The third kappa shape index (κ3) is 3.47. The molecule has 1 atom stereocenters. The second-order valence-electron chi connectivity index (χ2n) is 5.97. The van der Waals surface area contributed by atoms with E-state index in [0.717, 1.165) is 17.1 Å². The van der Waals surface area contributed by atoms with E-state index in [1.807, 2.05) is 36.4 Å². The number of amides is 1. The van der Waals surface area contributed by atoms with Crippen molar-refractivity contribution in [2.24, 2.45) is 5.92 Å². The average Bonchev–Trinajstić information content (AvgIpc) is 3.12. The zero-order valence-electron chi connectivity index (χ0n) is 13.7. The van der Waals surface area contributed by atoms with E-state index in [2.05, 4.69) is 5.32 Å². The Morgan fingerprint density at radius 2 is 1.96 bits per heavy atom. The van der Waals surface area contributed by atoms with Gasteiger partial charge < -0.3 is 24.3 Å². The van der Waals surface area contributed by atoms with E-state index in [4.69, 9.17) is 18.9 Å². The summed E-state index contributed by atoms with van der Waals surface area (Å²) in [6.07, 6.45) is 0.699. The molecule has 6 nitrogen and oxygen atoms in total. The number of nitrogens with one attached hydrogen (secondary N) is 1. The Morgan fingerprint density at radius 3 is 2.92 bits per heavy atom. The molecule has 1 amide bonds. The van der Waals surface area contributed by atoms with Gasteiger partial charge in [0.2, 0.25) is 12.7 Å². The van der Waals surface area contributed by atoms with Gasteiger partial charge in [0.05, 0.1) is 12.5 Å². The Morgan fingerprint density at radius 1 is 1.08 bits per heavy atom. The van der Waals surface area contributed by atoms with Gasteiger partial charge in [0.25, 0.3) is 0 Å². The molecule has 25 heavy (non-hydrogen) atoms. The van der Waals surface area contributed by atoms with Crippen molar-refractivity contribution in [3.8, 4) is 23.0 Å². The maximum absolute atomic E-state index is 12.3. The number of rotatable bonds is 5. The fourth-order valence-corrected chi connectivity index (χ4v) is 2.95. The molecule has 2 aromatic rings. The topological polar surface area (TPSA) is 66.0 Å². The summed E-state index contributed by atoms with van der Waals surface area (Å²) >= 11 is 0. The number of carbonyl (C=O) groups excluding carboxylic acids is 1. The van der Waals surface area contributed by atoms with Crippen molar-refractivity contribution in [3.63, 3.8) is 0 Å². The van der Waals surface area contributed by atoms with Gasteiger partial charge in [-0.1, -0.05) is 18.2 Å². The molecule has 0 saturated carbocycles. The quantitative estimate of drug-likeness (QED) is 0.844. The van der Waals surface area contributed by atoms with Gasteiger partial charge in [-0.05, 0) is 30.2 Å². The van der Waals surface area contributed by atoms with Gasteiger partial charge in [0.1, 0.15) is 24.7 Å². The molecule has 0 spiro atoms. The van der Waals surface area contributed by atoms with Crippen molar-refractivity contribution in [2.45, 2.75) is 6.42 Å². The first-order valence-electron chi connectivity index (χ1n) is 8.30. The van der Waals surface area contributed by atoms with Crippen molar-refractivity contribution in [1.29, 1.82) is 0 Å². The Hall–Kier alpha value is -2.89. The largest absolute Gasteiger partial charge is 0.492 e. The minimum absolute atomic E-state index is 0.0104. The van der Waals surface area contributed by atoms with E-state index >= 15 is 0 Å². The molecular weight excluding hydrogens is 322 g/mol. The minimum Gasteiger partial charge on any atom is -0.492 e. The van der Waals surface area contributed by atoms with Gasteiger partial charge in [-0.25, -0.2) is 0 Å². The van der Waals surface area contributed by atoms with Crippen molar-refractivity contribution in [3.05, 3.63) is 48.0 Å². The third-order valence-electron chi connectivity index (χ3n) is 4.26. The zero-order chi connectivity index (χ0) is 17.1. The molecule has 0 fully saturated rings. The van der Waals surface area contributed by atoms with Gasteiger partial charge in [-0.15, -0.1) is 0 Å². The van der Waals surface area contributed by atoms with Gasteiger partial charge >= 0.3 is 0 Å². The molecule has 2 heterocycles. The lowest BCUT2D eigenvalue weighted by molar-refractivity contribution is -0.126. The van der Waals surface area contributed by atoms with Crippen LogP contribution >= 0.6 is 0 Å². The number of para-hydroxylation sites is 1. The summed E-state index contributed by atoms with van der Waals surface area (Å²) in [5.41, 5.74) is 1.07. The lowest BCUT2D eigenvalue weighted by Crippen LogP contribution is -2.39. The summed E-state index contributed by atoms with van der Waals surface area (Å²) in [6.45, 7) is 1.47. The van der Waals surface area contributed by atoms with Crippen LogP contribution in [0.15, 0.2) is 42.5 Å². The number of carbonyl (C=O) groups is 1. The van der Waals surface area contributed by atoms with Crippen LogP contribution < -0.4 is 24.3 Å². The molecule has 2 aromatic carbocycles. The SMILES string of the molecule is O=C(NCCOc1ccc2c(c1)OCO2)C1COc2ccccc2C1. The number of hydrogen-bond donors (Lipinski definition) is 1. The van der Waals surface area contributed by atoms with E-state index < -0.39 is 0 Å². The normalized spacial score (nSPS) is 17.4. The number of fused-ring (bicyclic) bond motifs is 2. The fraction of sp³-hybridized carbons (Fsp3) is 0.316. The Labute approximate surface area is 145 Å². The van der Waals surface area contributed by atoms with Crippen LogP contribution in [0.5, 0.6) is 23.0 Å². The number of ether oxygens (including phenoxy) is 4. The molecule has 0 bridgehead atoms. The summed E-state index contributed by atoms with van der Waals surface area (Å²) in [6, 6.07) is 13.2. The summed E-state index contributed by atoms with van der Waals surface area (Å²) in [5, 5.41) is 2.91. The summed E-state index contributed by atoms with van der Waals surface area (Å²) in [7, 11) is 0. The molecule has 2 aliphatic heterocycles. The predicted molar refractivity (Wildman–Crippen MR) is 90.2 cm³/mol. The second-order valence-corrected chi connectivity index (χ2v) is 5.97. The first-order chi connectivity index (χ1) is 12.3. The van der Waals surface area contributed by atoms with Gasteiger partial charge in [0, 0.05) is 6.07 Å². The van der Waals surface area contributed by atoms with Crippen molar-refractivity contribution in [2.75, 3.05) is 26.6 Å². The van der Waals surface area contributed by atoms with Crippen LogP contribution in [-0.4, -0.2) is 32.5 Å². The first kappa shape index (κ1) is 15.6. The second kappa shape index (κ2) is 6.93. The van der Waals surface area contributed by atoms with Gasteiger partial charge in [0.15, 0.2) is 11.5 Å². The maximum atomic E-state index is 12.3. The highest BCUT2D eigenvalue weighted by molar-refractivity contribution is 5.79. The van der Waals surface area contributed by atoms with Crippen LogP contribution in [0, 0.1) is 5.92 Å². The number of hydrogen-bond acceptors (Lipinski definition) is 5. The van der Waals surface area contributed by atoms with Crippen LogP contribution in [0.1, 0.15) is 5.56 Å². The van der Waals surface area contributed by atoms with Gasteiger partial charge in [-0.3, -0.25) is 4.79 Å². The highest BCUT2D eigenvalue weighted by Crippen LogP contribution is 2.35. The molecule has 0 saturated heterocycles. The summed E-state index contributed by atoms with van der Waals surface area (Å²) < 4.78 is 21.9. The van der Waals surface area contributed by atoms with Crippen molar-refractivity contribution in [1.82, 2.24) is 5.32 Å². The molecule has 2 aliphatic rings. The van der Waals surface area contributed by atoms with E-state index in [1.54, 1.807) is 6.07 Å². The minimum atomic E-state index is -0.166. The lowest BCUT2D eigenvalue weighted by Gasteiger charge is -2.24. The Kier molecular flexibility index (Phi) is 4.33. The van der Waals surface area contributed by atoms with Crippen LogP contribution in [0.2, 0.25) is 0 Å². The maximum Gasteiger partial charge on any atom is 0.231 e. The Bertz CT molecular complexity index is 776. The fourth-order valence-electron chi connectivity index (χ4n) is 2.95. The van der Waals surface area contributed by atoms with Crippen molar-refractivity contribution < 1.29 is 23.7 Å². The van der Waals surface area contributed by atoms with E-state index in [9.17, 15) is 4.79 Å². The number of benzene rings is 2. The monoisotopic (exact) mass is 341 g/mol. The van der Waals surface area contributed by atoms with Crippen LogP contribution in [0.25, 0.3) is 0 Å². The Balaban J connectivity index is 1.23. The molecular formula is C19H19NO5. The predicted octanol–water partition coefficient (Wildman–Crippen LogP) is 2.16. The van der Waals surface area contributed by atoms with E-state index in [1.165, 1.54) is 0 Å². The van der Waals surface area contributed by atoms with Crippen molar-refractivity contribution >= 4 is 5.91 Å². The van der Waals surface area contributed by atoms with E-state index in [-0.39, 0.29) is 18.6 Å². The lowest BCUT2D eigenvalue weighted by atomic mass is 9.96. The van der Waals surface area contributed by atoms with Crippen LogP contribution in [0.4, 0.5) is 0 Å². The molecule has 1 N–H and O–H groups in total. The van der Waals surface area contributed by atoms with Gasteiger partial charge in [-0.2, -0.15) is 0 Å².